The Morgan fingerprint density at radius 2 is 2.23 bits per heavy atom. The van der Waals surface area contributed by atoms with Gasteiger partial charge in [0.2, 0.25) is 0 Å². The molecule has 0 saturated heterocycles. The fourth-order valence-corrected chi connectivity index (χ4v) is 1.75. The number of hydrogen-bond donors (Lipinski definition) is 0. The van der Waals surface area contributed by atoms with Crippen LogP contribution in [-0.4, -0.2) is 11.7 Å². The summed E-state index contributed by atoms with van der Waals surface area (Å²) in [5.41, 5.74) is 2.26. The van der Waals surface area contributed by atoms with Gasteiger partial charge in [0, 0.05) is 9.99 Å². The third-order valence-corrected chi connectivity index (χ3v) is 3.38. The SMILES string of the molecule is Cc1c(I)cccc1CC(=O)CCl. The maximum atomic E-state index is 11.1. The van der Waals surface area contributed by atoms with Crippen LogP contribution in [0.5, 0.6) is 0 Å². The average molecular weight is 309 g/mol. The van der Waals surface area contributed by atoms with E-state index in [0.29, 0.717) is 6.42 Å². The minimum atomic E-state index is 0.0757. The minimum Gasteiger partial charge on any atom is -0.298 e. The number of benzene rings is 1. The van der Waals surface area contributed by atoms with Crippen LogP contribution in [0.2, 0.25) is 0 Å². The molecule has 0 aliphatic rings. The van der Waals surface area contributed by atoms with Gasteiger partial charge < -0.3 is 0 Å². The van der Waals surface area contributed by atoms with Gasteiger partial charge in [0.25, 0.3) is 0 Å². The first-order chi connectivity index (χ1) is 6.15. The maximum absolute atomic E-state index is 11.1. The molecule has 0 aromatic heterocycles. The highest BCUT2D eigenvalue weighted by atomic mass is 127. The normalized spacial score (nSPS) is 10.1. The van der Waals surface area contributed by atoms with Crippen LogP contribution in [0.3, 0.4) is 0 Å². The molecule has 1 nitrogen and oxygen atoms in total. The van der Waals surface area contributed by atoms with Crippen molar-refractivity contribution in [2.45, 2.75) is 13.3 Å². The van der Waals surface area contributed by atoms with E-state index in [9.17, 15) is 4.79 Å². The fourth-order valence-electron chi connectivity index (χ4n) is 1.10. The van der Waals surface area contributed by atoms with Gasteiger partial charge in [-0.3, -0.25) is 4.79 Å². The van der Waals surface area contributed by atoms with E-state index in [4.69, 9.17) is 11.6 Å². The van der Waals surface area contributed by atoms with E-state index >= 15 is 0 Å². The van der Waals surface area contributed by atoms with Crippen LogP contribution in [0.25, 0.3) is 0 Å². The van der Waals surface area contributed by atoms with Crippen molar-refractivity contribution < 1.29 is 4.79 Å². The van der Waals surface area contributed by atoms with Crippen molar-refractivity contribution >= 4 is 40.0 Å². The van der Waals surface area contributed by atoms with E-state index < -0.39 is 0 Å². The number of ketones is 1. The third kappa shape index (κ3) is 2.95. The topological polar surface area (TPSA) is 17.1 Å². The lowest BCUT2D eigenvalue weighted by molar-refractivity contribution is -0.116. The molecule has 0 atom stereocenters. The number of alkyl halides is 1. The molecule has 3 heteroatoms. The molecule has 0 amide bonds. The molecule has 0 N–H and O–H groups in total. The third-order valence-electron chi connectivity index (χ3n) is 1.92. The molecule has 0 aliphatic heterocycles. The van der Waals surface area contributed by atoms with E-state index in [1.807, 2.05) is 25.1 Å². The lowest BCUT2D eigenvalue weighted by Gasteiger charge is -2.05. The van der Waals surface area contributed by atoms with Gasteiger partial charge in [-0.05, 0) is 46.7 Å². The van der Waals surface area contributed by atoms with Crippen LogP contribution in [-0.2, 0) is 11.2 Å². The predicted octanol–water partition coefficient (Wildman–Crippen LogP) is 2.95. The summed E-state index contributed by atoms with van der Waals surface area (Å²) < 4.78 is 1.19. The molecule has 0 spiro atoms. The highest BCUT2D eigenvalue weighted by Gasteiger charge is 2.05. The molecular formula is C10H10ClIO. The molecular weight excluding hydrogens is 298 g/mol. The Morgan fingerprint density at radius 1 is 1.54 bits per heavy atom. The molecule has 1 aromatic rings. The first-order valence-electron chi connectivity index (χ1n) is 3.97. The van der Waals surface area contributed by atoms with E-state index in [1.54, 1.807) is 0 Å². The zero-order chi connectivity index (χ0) is 9.84. The van der Waals surface area contributed by atoms with Crippen LogP contribution < -0.4 is 0 Å². The Kier molecular flexibility index (Phi) is 4.19. The van der Waals surface area contributed by atoms with Gasteiger partial charge in [-0.2, -0.15) is 0 Å². The van der Waals surface area contributed by atoms with Gasteiger partial charge in [0.05, 0.1) is 5.88 Å². The lowest BCUT2D eigenvalue weighted by Crippen LogP contribution is -2.05. The smallest absolute Gasteiger partial charge is 0.151 e. The van der Waals surface area contributed by atoms with E-state index in [0.717, 1.165) is 5.56 Å². The maximum Gasteiger partial charge on any atom is 0.151 e. The summed E-state index contributed by atoms with van der Waals surface area (Å²) in [6.07, 6.45) is 0.451. The summed E-state index contributed by atoms with van der Waals surface area (Å²) in [5, 5.41) is 0. The Hall–Kier alpha value is -0.0900. The Balaban J connectivity index is 2.89. The molecule has 0 aliphatic carbocycles. The number of Topliss-reactive ketones (excluding diaryl/α,β-unsaturated/α-hetero) is 1. The number of rotatable bonds is 3. The largest absolute Gasteiger partial charge is 0.298 e. The lowest BCUT2D eigenvalue weighted by atomic mass is 10.0. The summed E-state index contributed by atoms with van der Waals surface area (Å²) in [6, 6.07) is 5.97. The van der Waals surface area contributed by atoms with Crippen molar-refractivity contribution in [3.63, 3.8) is 0 Å². The van der Waals surface area contributed by atoms with Crippen molar-refractivity contribution in [2.24, 2.45) is 0 Å². The molecule has 1 rings (SSSR count). The summed E-state index contributed by atoms with van der Waals surface area (Å²) >= 11 is 7.71. The summed E-state index contributed by atoms with van der Waals surface area (Å²) in [7, 11) is 0. The van der Waals surface area contributed by atoms with Crippen molar-refractivity contribution in [1.29, 1.82) is 0 Å². The number of carbonyl (C=O) groups is 1. The van der Waals surface area contributed by atoms with Crippen molar-refractivity contribution in [3.8, 4) is 0 Å². The van der Waals surface area contributed by atoms with Crippen LogP contribution in [0.1, 0.15) is 11.1 Å². The number of halogens is 2. The minimum absolute atomic E-state index is 0.0757. The fraction of sp³-hybridized carbons (Fsp3) is 0.300. The van der Waals surface area contributed by atoms with Gasteiger partial charge in [-0.1, -0.05) is 12.1 Å². The zero-order valence-electron chi connectivity index (χ0n) is 7.31. The second-order valence-electron chi connectivity index (χ2n) is 2.87. The molecule has 0 unspecified atom stereocenters. The van der Waals surface area contributed by atoms with Gasteiger partial charge in [-0.25, -0.2) is 0 Å². The zero-order valence-corrected chi connectivity index (χ0v) is 10.2. The standard InChI is InChI=1S/C10H10ClIO/c1-7-8(5-9(13)6-11)3-2-4-10(7)12/h2-4H,5-6H2,1H3. The Morgan fingerprint density at radius 3 is 2.85 bits per heavy atom. The first-order valence-corrected chi connectivity index (χ1v) is 5.58. The monoisotopic (exact) mass is 308 g/mol. The molecule has 1 aromatic carbocycles. The average Bonchev–Trinajstić information content (AvgIpc) is 2.13. The molecule has 0 saturated carbocycles. The Labute approximate surface area is 96.6 Å². The van der Waals surface area contributed by atoms with Crippen LogP contribution in [0, 0.1) is 10.5 Å². The molecule has 0 bridgehead atoms. The van der Waals surface area contributed by atoms with E-state index in [-0.39, 0.29) is 11.7 Å². The van der Waals surface area contributed by atoms with Gasteiger partial charge >= 0.3 is 0 Å². The highest BCUT2D eigenvalue weighted by Crippen LogP contribution is 2.16. The second-order valence-corrected chi connectivity index (χ2v) is 4.30. The van der Waals surface area contributed by atoms with Gasteiger partial charge in [-0.15, -0.1) is 11.6 Å². The van der Waals surface area contributed by atoms with Crippen LogP contribution in [0.4, 0.5) is 0 Å². The molecule has 70 valence electrons. The van der Waals surface area contributed by atoms with Crippen LogP contribution >= 0.6 is 34.2 Å². The Bertz CT molecular complexity index is 323. The molecule has 0 radical (unpaired) electrons. The molecule has 0 fully saturated rings. The number of hydrogen-bond acceptors (Lipinski definition) is 1. The summed E-state index contributed by atoms with van der Waals surface area (Å²) in [4.78, 5) is 11.1. The van der Waals surface area contributed by atoms with Crippen molar-refractivity contribution in [2.75, 3.05) is 5.88 Å². The van der Waals surface area contributed by atoms with Gasteiger partial charge in [0.1, 0.15) is 0 Å². The van der Waals surface area contributed by atoms with Crippen molar-refractivity contribution in [3.05, 3.63) is 32.9 Å². The summed E-state index contributed by atoms with van der Waals surface area (Å²) in [5.74, 6) is 0.178. The quantitative estimate of drug-likeness (QED) is 0.620. The number of carbonyl (C=O) groups excluding carboxylic acids is 1. The summed E-state index contributed by atoms with van der Waals surface area (Å²) in [6.45, 7) is 2.03. The first kappa shape index (κ1) is 11.0. The van der Waals surface area contributed by atoms with Crippen LogP contribution in [0.15, 0.2) is 18.2 Å². The molecule has 0 heterocycles. The predicted molar refractivity (Wildman–Crippen MR) is 63.3 cm³/mol. The van der Waals surface area contributed by atoms with E-state index in [2.05, 4.69) is 22.6 Å². The van der Waals surface area contributed by atoms with Gasteiger partial charge in [0.15, 0.2) is 5.78 Å². The second kappa shape index (κ2) is 4.96. The molecule has 13 heavy (non-hydrogen) atoms. The van der Waals surface area contributed by atoms with E-state index in [1.165, 1.54) is 9.13 Å². The highest BCUT2D eigenvalue weighted by molar-refractivity contribution is 14.1. The van der Waals surface area contributed by atoms with Crippen molar-refractivity contribution in [1.82, 2.24) is 0 Å².